The van der Waals surface area contributed by atoms with Crippen molar-refractivity contribution in [3.05, 3.63) is 42.5 Å². The highest BCUT2D eigenvalue weighted by Crippen LogP contribution is 2.33. The monoisotopic (exact) mass is 296 g/mol. The zero-order valence-electron chi connectivity index (χ0n) is 13.3. The number of piperidine rings is 3. The SMILES string of the molecule is c1ccc2c(OCCC[N+]34CCC(CC3)CC4)cccc2c1. The lowest BCUT2D eigenvalue weighted by Gasteiger charge is -2.49. The molecule has 22 heavy (non-hydrogen) atoms. The highest BCUT2D eigenvalue weighted by atomic mass is 16.5. The van der Waals surface area contributed by atoms with E-state index in [1.807, 2.05) is 0 Å². The van der Waals surface area contributed by atoms with Crippen LogP contribution in [0, 0.1) is 5.92 Å². The number of hydrogen-bond acceptors (Lipinski definition) is 1. The number of ether oxygens (including phenoxy) is 1. The quantitative estimate of drug-likeness (QED) is 0.592. The summed E-state index contributed by atoms with van der Waals surface area (Å²) in [5, 5.41) is 2.50. The third kappa shape index (κ3) is 2.72. The van der Waals surface area contributed by atoms with Crippen molar-refractivity contribution in [1.29, 1.82) is 0 Å². The number of hydrogen-bond donors (Lipinski definition) is 0. The molecule has 3 fully saturated rings. The fraction of sp³-hybridized carbons (Fsp3) is 0.500. The molecule has 2 heteroatoms. The molecule has 0 saturated carbocycles. The highest BCUT2D eigenvalue weighted by molar-refractivity contribution is 5.88. The zero-order valence-corrected chi connectivity index (χ0v) is 13.3. The molecule has 0 spiro atoms. The second kappa shape index (κ2) is 5.92. The Hall–Kier alpha value is -1.54. The molecule has 0 radical (unpaired) electrons. The van der Waals surface area contributed by atoms with Gasteiger partial charge >= 0.3 is 0 Å². The Morgan fingerprint density at radius 3 is 2.45 bits per heavy atom. The molecule has 0 N–H and O–H groups in total. The van der Waals surface area contributed by atoms with E-state index in [1.165, 1.54) is 67.1 Å². The Kier molecular flexibility index (Phi) is 3.79. The van der Waals surface area contributed by atoms with Crippen LogP contribution in [0.25, 0.3) is 10.8 Å². The van der Waals surface area contributed by atoms with E-state index >= 15 is 0 Å². The van der Waals surface area contributed by atoms with Crippen molar-refractivity contribution in [3.63, 3.8) is 0 Å². The van der Waals surface area contributed by atoms with Crippen LogP contribution in [0.4, 0.5) is 0 Å². The molecule has 0 amide bonds. The van der Waals surface area contributed by atoms with Gasteiger partial charge in [0.15, 0.2) is 0 Å². The molecule has 0 unspecified atom stereocenters. The summed E-state index contributed by atoms with van der Waals surface area (Å²) in [5.74, 6) is 2.09. The number of nitrogens with zero attached hydrogens (tertiary/aromatic N) is 1. The predicted molar refractivity (Wildman–Crippen MR) is 91.1 cm³/mol. The Labute approximate surface area is 133 Å². The predicted octanol–water partition coefficient (Wildman–Crippen LogP) is 4.24. The van der Waals surface area contributed by atoms with Gasteiger partial charge in [0.25, 0.3) is 0 Å². The lowest BCUT2D eigenvalue weighted by molar-refractivity contribution is -0.942. The molecule has 3 aliphatic heterocycles. The minimum absolute atomic E-state index is 0.845. The minimum Gasteiger partial charge on any atom is -0.493 e. The van der Waals surface area contributed by atoms with E-state index in [-0.39, 0.29) is 0 Å². The number of quaternary nitrogens is 1. The van der Waals surface area contributed by atoms with Crippen LogP contribution in [0.2, 0.25) is 0 Å². The maximum atomic E-state index is 6.10. The molecule has 2 aromatic carbocycles. The molecule has 116 valence electrons. The largest absolute Gasteiger partial charge is 0.493 e. The third-order valence-corrected chi connectivity index (χ3v) is 5.82. The van der Waals surface area contributed by atoms with Crippen LogP contribution < -0.4 is 4.74 Å². The second-order valence-electron chi connectivity index (χ2n) is 7.15. The van der Waals surface area contributed by atoms with Crippen LogP contribution in [-0.4, -0.2) is 37.3 Å². The van der Waals surface area contributed by atoms with Gasteiger partial charge in [-0.05, 0) is 36.6 Å². The van der Waals surface area contributed by atoms with E-state index in [2.05, 4.69) is 42.5 Å². The van der Waals surface area contributed by atoms with Gasteiger partial charge in [-0.25, -0.2) is 0 Å². The van der Waals surface area contributed by atoms with Gasteiger partial charge in [-0.3, -0.25) is 0 Å². The van der Waals surface area contributed by atoms with E-state index in [0.717, 1.165) is 18.3 Å². The van der Waals surface area contributed by atoms with Crippen LogP contribution in [-0.2, 0) is 0 Å². The highest BCUT2D eigenvalue weighted by Gasteiger charge is 2.38. The maximum Gasteiger partial charge on any atom is 0.127 e. The molecule has 5 rings (SSSR count). The van der Waals surface area contributed by atoms with Gasteiger partial charge in [0.1, 0.15) is 5.75 Å². The molecule has 0 aromatic heterocycles. The van der Waals surface area contributed by atoms with Gasteiger partial charge in [-0.15, -0.1) is 0 Å². The van der Waals surface area contributed by atoms with E-state index in [9.17, 15) is 0 Å². The Bertz CT molecular complexity index is 624. The molecule has 0 atom stereocenters. The molecule has 2 aromatic rings. The van der Waals surface area contributed by atoms with E-state index in [0.29, 0.717) is 0 Å². The number of fused-ring (bicyclic) bond motifs is 4. The molecular formula is C20H26NO+. The van der Waals surface area contributed by atoms with E-state index in [4.69, 9.17) is 4.74 Å². The molecule has 2 nitrogen and oxygen atoms in total. The van der Waals surface area contributed by atoms with Gasteiger partial charge in [-0.1, -0.05) is 36.4 Å². The molecule has 2 bridgehead atoms. The molecule has 3 heterocycles. The van der Waals surface area contributed by atoms with Crippen LogP contribution in [0.15, 0.2) is 42.5 Å². The lowest BCUT2D eigenvalue weighted by Crippen LogP contribution is -2.58. The fourth-order valence-corrected chi connectivity index (χ4v) is 4.38. The summed E-state index contributed by atoms with van der Waals surface area (Å²) in [7, 11) is 0. The van der Waals surface area contributed by atoms with Crippen molar-refractivity contribution in [2.75, 3.05) is 32.8 Å². The molecular weight excluding hydrogens is 270 g/mol. The second-order valence-corrected chi connectivity index (χ2v) is 7.15. The zero-order chi connectivity index (χ0) is 14.8. The summed E-state index contributed by atoms with van der Waals surface area (Å²) in [4.78, 5) is 0. The topological polar surface area (TPSA) is 9.23 Å². The van der Waals surface area contributed by atoms with Crippen LogP contribution >= 0.6 is 0 Å². The van der Waals surface area contributed by atoms with Crippen molar-refractivity contribution in [2.24, 2.45) is 5.92 Å². The summed E-state index contributed by atoms with van der Waals surface area (Å²) < 4.78 is 7.47. The molecule has 3 aliphatic rings. The summed E-state index contributed by atoms with van der Waals surface area (Å²) in [6, 6.07) is 14.8. The first kappa shape index (κ1) is 14.1. The fourth-order valence-electron chi connectivity index (χ4n) is 4.38. The van der Waals surface area contributed by atoms with Crippen molar-refractivity contribution in [2.45, 2.75) is 25.7 Å². The lowest BCUT2D eigenvalue weighted by atomic mass is 9.85. The summed E-state index contributed by atoms with van der Waals surface area (Å²) in [6.45, 7) is 6.39. The number of benzene rings is 2. The van der Waals surface area contributed by atoms with E-state index < -0.39 is 0 Å². The summed E-state index contributed by atoms with van der Waals surface area (Å²) in [6.07, 6.45) is 5.56. The Morgan fingerprint density at radius 1 is 0.909 bits per heavy atom. The van der Waals surface area contributed by atoms with Crippen molar-refractivity contribution in [1.82, 2.24) is 0 Å². The normalized spacial score (nSPS) is 27.2. The van der Waals surface area contributed by atoms with Gasteiger partial charge in [0.2, 0.25) is 0 Å². The van der Waals surface area contributed by atoms with Crippen molar-refractivity contribution >= 4 is 10.8 Å². The van der Waals surface area contributed by atoms with Crippen LogP contribution in [0.5, 0.6) is 5.75 Å². The van der Waals surface area contributed by atoms with Crippen molar-refractivity contribution < 1.29 is 9.22 Å². The summed E-state index contributed by atoms with van der Waals surface area (Å²) >= 11 is 0. The van der Waals surface area contributed by atoms with Crippen LogP contribution in [0.1, 0.15) is 25.7 Å². The average molecular weight is 296 g/mol. The average Bonchev–Trinajstić information content (AvgIpc) is 2.60. The Morgan fingerprint density at radius 2 is 1.64 bits per heavy atom. The number of rotatable bonds is 5. The van der Waals surface area contributed by atoms with Gasteiger partial charge in [0, 0.05) is 11.8 Å². The first-order chi connectivity index (χ1) is 10.8. The smallest absolute Gasteiger partial charge is 0.127 e. The molecule has 3 saturated heterocycles. The third-order valence-electron chi connectivity index (χ3n) is 5.82. The molecule has 0 aliphatic carbocycles. The van der Waals surface area contributed by atoms with Crippen LogP contribution in [0.3, 0.4) is 0 Å². The van der Waals surface area contributed by atoms with Gasteiger partial charge < -0.3 is 9.22 Å². The standard InChI is InChI=1S/C20H26NO/c1-2-7-19-18(5-1)6-3-8-20(19)22-16-4-12-21-13-9-17(10-14-21)11-15-21/h1-3,5-8,17H,4,9-16H2/q+1. The Balaban J connectivity index is 1.35. The first-order valence-electron chi connectivity index (χ1n) is 8.80. The maximum absolute atomic E-state index is 6.10. The minimum atomic E-state index is 0.845. The van der Waals surface area contributed by atoms with E-state index in [1.54, 1.807) is 0 Å². The van der Waals surface area contributed by atoms with Gasteiger partial charge in [-0.2, -0.15) is 0 Å². The first-order valence-corrected chi connectivity index (χ1v) is 8.80. The van der Waals surface area contributed by atoms with Gasteiger partial charge in [0.05, 0.1) is 32.8 Å². The van der Waals surface area contributed by atoms with Crippen molar-refractivity contribution in [3.8, 4) is 5.75 Å². The summed E-state index contributed by atoms with van der Waals surface area (Å²) in [5.41, 5.74) is 0.